The summed E-state index contributed by atoms with van der Waals surface area (Å²) in [5.41, 5.74) is 0.917. The average Bonchev–Trinajstić information content (AvgIpc) is 2.64. The highest BCUT2D eigenvalue weighted by Gasteiger charge is 2.36. The number of benzene rings is 1. The minimum atomic E-state index is -0.849. The van der Waals surface area contributed by atoms with E-state index in [1.807, 2.05) is 30.3 Å². The Kier molecular flexibility index (Phi) is 7.25. The second-order valence-corrected chi connectivity index (χ2v) is 6.50. The molecule has 0 spiro atoms. The monoisotopic (exact) mass is 348 g/mol. The van der Waals surface area contributed by atoms with Gasteiger partial charge < -0.3 is 14.7 Å². The van der Waals surface area contributed by atoms with Gasteiger partial charge in [-0.1, -0.05) is 44.2 Å². The fourth-order valence-corrected chi connectivity index (χ4v) is 3.36. The number of likely N-dealkylation sites (tertiary alicyclic amines) is 1. The van der Waals surface area contributed by atoms with Crippen LogP contribution in [0, 0.1) is 5.92 Å². The van der Waals surface area contributed by atoms with Crippen molar-refractivity contribution in [2.45, 2.75) is 39.3 Å². The molecule has 1 amide bonds. The lowest BCUT2D eigenvalue weighted by Gasteiger charge is -2.40. The zero-order chi connectivity index (χ0) is 18.2. The number of hydrogen-bond acceptors (Lipinski definition) is 4. The third-order valence-electron chi connectivity index (χ3n) is 4.67. The molecule has 0 unspecified atom stereocenters. The standard InChI is InChI=1S/C19H28N2O4/c1-3-10-20(4-2)17-11-16(18(22)23)12-21(13-17)19(24)25-14-15-8-6-5-7-9-15/h5-9,16-17H,3-4,10-14H2,1-2H3,(H,22,23)/t16-,17-/m1/s1. The van der Waals surface area contributed by atoms with Gasteiger partial charge in [0.2, 0.25) is 0 Å². The van der Waals surface area contributed by atoms with Crippen LogP contribution in [-0.2, 0) is 16.1 Å². The molecule has 0 saturated carbocycles. The van der Waals surface area contributed by atoms with Crippen LogP contribution >= 0.6 is 0 Å². The van der Waals surface area contributed by atoms with E-state index >= 15 is 0 Å². The summed E-state index contributed by atoms with van der Waals surface area (Å²) in [5.74, 6) is -1.40. The number of amides is 1. The SMILES string of the molecule is CCCN(CC)[C@@H]1C[C@@H](C(=O)O)CN(C(=O)OCc2ccccc2)C1. The number of carbonyl (C=O) groups is 2. The number of carbonyl (C=O) groups excluding carboxylic acids is 1. The first-order valence-corrected chi connectivity index (χ1v) is 8.97. The highest BCUT2D eigenvalue weighted by atomic mass is 16.6. The summed E-state index contributed by atoms with van der Waals surface area (Å²) in [7, 11) is 0. The third kappa shape index (κ3) is 5.46. The molecule has 0 bridgehead atoms. The minimum Gasteiger partial charge on any atom is -0.481 e. The molecule has 138 valence electrons. The lowest BCUT2D eigenvalue weighted by molar-refractivity contribution is -0.144. The molecule has 1 saturated heterocycles. The van der Waals surface area contributed by atoms with Crippen LogP contribution in [0.4, 0.5) is 4.79 Å². The number of rotatable bonds is 7. The van der Waals surface area contributed by atoms with Gasteiger partial charge in [-0.2, -0.15) is 0 Å². The molecule has 0 aliphatic carbocycles. The lowest BCUT2D eigenvalue weighted by Crippen LogP contribution is -2.54. The average molecular weight is 348 g/mol. The Morgan fingerprint density at radius 3 is 2.56 bits per heavy atom. The molecule has 1 aliphatic rings. The topological polar surface area (TPSA) is 70.1 Å². The Bertz CT molecular complexity index is 564. The molecule has 0 aromatic heterocycles. The van der Waals surface area contributed by atoms with Gasteiger partial charge in [-0.15, -0.1) is 0 Å². The first-order chi connectivity index (χ1) is 12.0. The smallest absolute Gasteiger partial charge is 0.410 e. The summed E-state index contributed by atoms with van der Waals surface area (Å²) in [5, 5.41) is 9.45. The van der Waals surface area contributed by atoms with Crippen molar-refractivity contribution in [1.29, 1.82) is 0 Å². The molecule has 1 heterocycles. The van der Waals surface area contributed by atoms with Gasteiger partial charge in [-0.05, 0) is 31.5 Å². The van der Waals surface area contributed by atoms with Gasteiger partial charge in [-0.25, -0.2) is 4.79 Å². The van der Waals surface area contributed by atoms with Crippen molar-refractivity contribution in [3.63, 3.8) is 0 Å². The van der Waals surface area contributed by atoms with Crippen molar-refractivity contribution in [3.8, 4) is 0 Å². The van der Waals surface area contributed by atoms with Crippen LogP contribution in [0.2, 0.25) is 0 Å². The van der Waals surface area contributed by atoms with Gasteiger partial charge in [0.1, 0.15) is 6.61 Å². The van der Waals surface area contributed by atoms with Crippen molar-refractivity contribution in [2.24, 2.45) is 5.92 Å². The van der Waals surface area contributed by atoms with Gasteiger partial charge in [0.25, 0.3) is 0 Å². The van der Waals surface area contributed by atoms with E-state index in [1.54, 1.807) is 4.90 Å². The first kappa shape index (κ1) is 19.2. The zero-order valence-corrected chi connectivity index (χ0v) is 15.1. The Morgan fingerprint density at radius 1 is 1.24 bits per heavy atom. The maximum atomic E-state index is 12.4. The molecule has 6 heteroatoms. The molecule has 2 atom stereocenters. The van der Waals surface area contributed by atoms with Gasteiger partial charge in [0.15, 0.2) is 0 Å². The van der Waals surface area contributed by atoms with E-state index in [0.717, 1.165) is 25.1 Å². The summed E-state index contributed by atoms with van der Waals surface area (Å²) >= 11 is 0. The lowest BCUT2D eigenvalue weighted by atomic mass is 9.93. The number of hydrogen-bond donors (Lipinski definition) is 1. The van der Waals surface area contributed by atoms with Gasteiger partial charge >= 0.3 is 12.1 Å². The van der Waals surface area contributed by atoms with Crippen molar-refractivity contribution >= 4 is 12.1 Å². The molecule has 1 fully saturated rings. The summed E-state index contributed by atoms with van der Waals surface area (Å²) in [6.45, 7) is 6.85. The van der Waals surface area contributed by atoms with Crippen LogP contribution < -0.4 is 0 Å². The predicted octanol–water partition coefficient (Wildman–Crippen LogP) is 2.83. The Labute approximate surface area is 149 Å². The van der Waals surface area contributed by atoms with Gasteiger partial charge in [0.05, 0.1) is 5.92 Å². The van der Waals surface area contributed by atoms with Crippen LogP contribution in [0.15, 0.2) is 30.3 Å². The van der Waals surface area contributed by atoms with Crippen LogP contribution in [0.25, 0.3) is 0 Å². The number of nitrogens with zero attached hydrogens (tertiary/aromatic N) is 2. The maximum absolute atomic E-state index is 12.4. The van der Waals surface area contributed by atoms with Crippen LogP contribution in [0.3, 0.4) is 0 Å². The number of aliphatic carboxylic acids is 1. The molecular weight excluding hydrogens is 320 g/mol. The normalized spacial score (nSPS) is 20.5. The van der Waals surface area contributed by atoms with E-state index in [-0.39, 0.29) is 19.2 Å². The van der Waals surface area contributed by atoms with Crippen LogP contribution in [0.1, 0.15) is 32.3 Å². The van der Waals surface area contributed by atoms with Crippen molar-refractivity contribution < 1.29 is 19.4 Å². The number of ether oxygens (including phenoxy) is 1. The highest BCUT2D eigenvalue weighted by molar-refractivity contribution is 5.73. The Balaban J connectivity index is 2.01. The van der Waals surface area contributed by atoms with E-state index in [4.69, 9.17) is 4.74 Å². The van der Waals surface area contributed by atoms with E-state index in [2.05, 4.69) is 18.7 Å². The summed E-state index contributed by atoms with van der Waals surface area (Å²) < 4.78 is 5.39. The van der Waals surface area contributed by atoms with E-state index in [1.165, 1.54) is 0 Å². The van der Waals surface area contributed by atoms with Crippen molar-refractivity contribution in [1.82, 2.24) is 9.80 Å². The van der Waals surface area contributed by atoms with E-state index in [0.29, 0.717) is 13.0 Å². The molecule has 25 heavy (non-hydrogen) atoms. The number of carboxylic acids is 1. The molecule has 2 rings (SSSR count). The van der Waals surface area contributed by atoms with Gasteiger partial charge in [-0.3, -0.25) is 9.69 Å². The van der Waals surface area contributed by atoms with Crippen molar-refractivity contribution in [3.05, 3.63) is 35.9 Å². The maximum Gasteiger partial charge on any atom is 0.410 e. The Morgan fingerprint density at radius 2 is 1.96 bits per heavy atom. The highest BCUT2D eigenvalue weighted by Crippen LogP contribution is 2.22. The zero-order valence-electron chi connectivity index (χ0n) is 15.1. The molecular formula is C19H28N2O4. The van der Waals surface area contributed by atoms with Crippen molar-refractivity contribution in [2.75, 3.05) is 26.2 Å². The molecule has 0 radical (unpaired) electrons. The third-order valence-corrected chi connectivity index (χ3v) is 4.67. The van der Waals surface area contributed by atoms with Gasteiger partial charge in [0, 0.05) is 19.1 Å². The van der Waals surface area contributed by atoms with E-state index in [9.17, 15) is 14.7 Å². The number of carboxylic acid groups (broad SMARTS) is 1. The quantitative estimate of drug-likeness (QED) is 0.820. The fraction of sp³-hybridized carbons (Fsp3) is 0.579. The second-order valence-electron chi connectivity index (χ2n) is 6.50. The summed E-state index contributed by atoms with van der Waals surface area (Å²) in [6, 6.07) is 9.54. The molecule has 6 nitrogen and oxygen atoms in total. The molecule has 1 aliphatic heterocycles. The molecule has 1 aromatic rings. The van der Waals surface area contributed by atoms with Crippen LogP contribution in [-0.4, -0.2) is 59.2 Å². The van der Waals surface area contributed by atoms with E-state index < -0.39 is 18.0 Å². The number of likely N-dealkylation sites (N-methyl/N-ethyl adjacent to an activating group) is 1. The fourth-order valence-electron chi connectivity index (χ4n) is 3.36. The molecule has 1 N–H and O–H groups in total. The second kappa shape index (κ2) is 9.42. The predicted molar refractivity (Wildman–Crippen MR) is 95.3 cm³/mol. The van der Waals surface area contributed by atoms with Crippen LogP contribution in [0.5, 0.6) is 0 Å². The minimum absolute atomic E-state index is 0.0593. The first-order valence-electron chi connectivity index (χ1n) is 8.97. The molecule has 1 aromatic carbocycles. The largest absolute Gasteiger partial charge is 0.481 e. The Hall–Kier alpha value is -2.08. The number of piperidine rings is 1. The summed E-state index contributed by atoms with van der Waals surface area (Å²) in [4.78, 5) is 27.8. The summed E-state index contributed by atoms with van der Waals surface area (Å²) in [6.07, 6.45) is 1.14.